The zero-order valence-corrected chi connectivity index (χ0v) is 18.9. The number of aromatic nitrogens is 2. The van der Waals surface area contributed by atoms with Gasteiger partial charge < -0.3 is 10.4 Å². The summed E-state index contributed by atoms with van der Waals surface area (Å²) in [6, 6.07) is 21.4. The Labute approximate surface area is 191 Å². The Balaban J connectivity index is 1.65. The van der Waals surface area contributed by atoms with E-state index < -0.39 is 5.97 Å². The lowest BCUT2D eigenvalue weighted by atomic mass is 10.1. The van der Waals surface area contributed by atoms with Gasteiger partial charge in [0, 0.05) is 28.2 Å². The number of aryl methyl sites for hydroxylation is 1. The van der Waals surface area contributed by atoms with E-state index in [1.807, 2.05) is 6.07 Å². The van der Waals surface area contributed by atoms with Crippen LogP contribution < -0.4 is 5.32 Å². The first-order chi connectivity index (χ1) is 15.6. The van der Waals surface area contributed by atoms with Gasteiger partial charge in [-0.25, -0.2) is 14.8 Å². The number of aromatic carboxylic acids is 1. The lowest BCUT2D eigenvalue weighted by Crippen LogP contribution is -2.07. The molecular formula is C26H25N3O2S. The maximum Gasteiger partial charge on any atom is 0.335 e. The molecule has 2 heterocycles. The van der Waals surface area contributed by atoms with Crippen molar-refractivity contribution in [2.75, 3.05) is 5.32 Å². The highest BCUT2D eigenvalue weighted by molar-refractivity contribution is 7.15. The number of anilines is 2. The number of thiophene rings is 1. The molecule has 6 heteroatoms. The van der Waals surface area contributed by atoms with Crippen LogP contribution >= 0.6 is 11.3 Å². The Morgan fingerprint density at radius 1 is 0.938 bits per heavy atom. The SMILES string of the molecule is CCc1nc(-c2ccc(Cc3ccccc3)s2)nc(Nc2ccc(C(=O)O)cc2)c1CC. The Morgan fingerprint density at radius 3 is 2.34 bits per heavy atom. The summed E-state index contributed by atoms with van der Waals surface area (Å²) in [4.78, 5) is 23.2. The van der Waals surface area contributed by atoms with Gasteiger partial charge in [-0.3, -0.25) is 0 Å². The number of nitrogens with zero attached hydrogens (tertiary/aromatic N) is 2. The first kappa shape index (κ1) is 21.7. The van der Waals surface area contributed by atoms with E-state index in [0.717, 1.165) is 46.9 Å². The summed E-state index contributed by atoms with van der Waals surface area (Å²) >= 11 is 1.72. The molecule has 0 aliphatic carbocycles. The van der Waals surface area contributed by atoms with E-state index in [4.69, 9.17) is 15.1 Å². The van der Waals surface area contributed by atoms with E-state index in [9.17, 15) is 4.79 Å². The Kier molecular flexibility index (Phi) is 6.61. The summed E-state index contributed by atoms with van der Waals surface area (Å²) in [5.74, 6) is 0.552. The highest BCUT2D eigenvalue weighted by atomic mass is 32.1. The molecule has 32 heavy (non-hydrogen) atoms. The van der Waals surface area contributed by atoms with Crippen molar-refractivity contribution in [2.24, 2.45) is 0 Å². The topological polar surface area (TPSA) is 75.1 Å². The fourth-order valence-corrected chi connectivity index (χ4v) is 4.61. The van der Waals surface area contributed by atoms with Gasteiger partial charge in [0.1, 0.15) is 5.82 Å². The van der Waals surface area contributed by atoms with Crippen LogP contribution in [0.5, 0.6) is 0 Å². The summed E-state index contributed by atoms with van der Waals surface area (Å²) < 4.78 is 0. The fourth-order valence-electron chi connectivity index (χ4n) is 3.63. The Bertz CT molecular complexity index is 1220. The van der Waals surface area contributed by atoms with Crippen molar-refractivity contribution in [3.05, 3.63) is 94.0 Å². The summed E-state index contributed by atoms with van der Waals surface area (Å²) in [7, 11) is 0. The van der Waals surface area contributed by atoms with Gasteiger partial charge in [0.2, 0.25) is 0 Å². The molecule has 0 aliphatic rings. The molecule has 2 aromatic heterocycles. The zero-order chi connectivity index (χ0) is 22.5. The van der Waals surface area contributed by atoms with Crippen molar-refractivity contribution >= 4 is 28.8 Å². The number of nitrogens with one attached hydrogen (secondary N) is 1. The normalized spacial score (nSPS) is 10.8. The largest absolute Gasteiger partial charge is 0.478 e. The lowest BCUT2D eigenvalue weighted by Gasteiger charge is -2.15. The van der Waals surface area contributed by atoms with Crippen LogP contribution in [0.2, 0.25) is 0 Å². The van der Waals surface area contributed by atoms with Crippen molar-refractivity contribution in [1.29, 1.82) is 0 Å². The molecule has 0 aliphatic heterocycles. The van der Waals surface area contributed by atoms with E-state index in [2.05, 4.69) is 55.6 Å². The zero-order valence-electron chi connectivity index (χ0n) is 18.1. The second kappa shape index (κ2) is 9.75. The van der Waals surface area contributed by atoms with E-state index in [1.165, 1.54) is 10.4 Å². The van der Waals surface area contributed by atoms with Gasteiger partial charge in [0.05, 0.1) is 10.4 Å². The molecule has 0 bridgehead atoms. The number of hydrogen-bond donors (Lipinski definition) is 2. The minimum Gasteiger partial charge on any atom is -0.478 e. The molecule has 5 nitrogen and oxygen atoms in total. The third-order valence-corrected chi connectivity index (χ3v) is 6.36. The summed E-state index contributed by atoms with van der Waals surface area (Å²) in [6.45, 7) is 4.20. The average Bonchev–Trinajstić information content (AvgIpc) is 3.28. The first-order valence-electron chi connectivity index (χ1n) is 10.7. The smallest absolute Gasteiger partial charge is 0.335 e. The molecule has 0 saturated carbocycles. The number of hydrogen-bond acceptors (Lipinski definition) is 5. The Morgan fingerprint density at radius 2 is 1.69 bits per heavy atom. The summed E-state index contributed by atoms with van der Waals surface area (Å²) in [5.41, 5.74) is 4.45. The van der Waals surface area contributed by atoms with Crippen molar-refractivity contribution in [3.63, 3.8) is 0 Å². The molecule has 0 radical (unpaired) electrons. The predicted octanol–water partition coefficient (Wildman–Crippen LogP) is 6.36. The highest BCUT2D eigenvalue weighted by Gasteiger charge is 2.15. The average molecular weight is 444 g/mol. The van der Waals surface area contributed by atoms with E-state index >= 15 is 0 Å². The van der Waals surface area contributed by atoms with Gasteiger partial charge >= 0.3 is 5.97 Å². The monoisotopic (exact) mass is 443 g/mol. The lowest BCUT2D eigenvalue weighted by molar-refractivity contribution is 0.0697. The third-order valence-electron chi connectivity index (χ3n) is 5.28. The molecule has 2 aromatic carbocycles. The maximum atomic E-state index is 11.1. The van der Waals surface area contributed by atoms with Crippen LogP contribution in [0.4, 0.5) is 11.5 Å². The molecule has 162 valence electrons. The van der Waals surface area contributed by atoms with Gasteiger partial charge in [-0.15, -0.1) is 11.3 Å². The number of carboxylic acid groups (broad SMARTS) is 1. The van der Waals surface area contributed by atoms with Crippen LogP contribution in [0.3, 0.4) is 0 Å². The van der Waals surface area contributed by atoms with Gasteiger partial charge in [0.15, 0.2) is 5.82 Å². The molecule has 0 fully saturated rings. The standard InChI is InChI=1S/C26H25N3O2S/c1-3-21-22(4-2)28-25(23-15-14-20(32-23)16-17-8-6-5-7-9-17)29-24(21)27-19-12-10-18(11-13-19)26(30)31/h5-15H,3-4,16H2,1-2H3,(H,30,31)(H,27,28,29). The number of rotatable bonds is 8. The van der Waals surface area contributed by atoms with Gasteiger partial charge in [-0.1, -0.05) is 44.2 Å². The molecule has 4 rings (SSSR count). The summed E-state index contributed by atoms with van der Waals surface area (Å²) in [5, 5.41) is 12.5. The quantitative estimate of drug-likeness (QED) is 0.331. The molecule has 0 atom stereocenters. The highest BCUT2D eigenvalue weighted by Crippen LogP contribution is 2.31. The van der Waals surface area contributed by atoms with Crippen LogP contribution in [0, 0.1) is 0 Å². The van der Waals surface area contributed by atoms with E-state index in [-0.39, 0.29) is 5.56 Å². The second-order valence-corrected chi connectivity index (χ2v) is 8.63. The van der Waals surface area contributed by atoms with E-state index in [0.29, 0.717) is 5.82 Å². The third kappa shape index (κ3) is 4.86. The molecule has 0 amide bonds. The van der Waals surface area contributed by atoms with Crippen LogP contribution in [0.15, 0.2) is 66.7 Å². The molecule has 0 unspecified atom stereocenters. The second-order valence-electron chi connectivity index (χ2n) is 7.46. The summed E-state index contributed by atoms with van der Waals surface area (Å²) in [6.07, 6.45) is 2.51. The van der Waals surface area contributed by atoms with Crippen molar-refractivity contribution in [3.8, 4) is 10.7 Å². The predicted molar refractivity (Wildman–Crippen MR) is 130 cm³/mol. The minimum absolute atomic E-state index is 0.258. The number of carbonyl (C=O) groups is 1. The number of carboxylic acids is 1. The van der Waals surface area contributed by atoms with Gasteiger partial charge in [-0.05, 0) is 54.8 Å². The van der Waals surface area contributed by atoms with Crippen LogP contribution in [-0.4, -0.2) is 21.0 Å². The maximum absolute atomic E-state index is 11.1. The fraction of sp³-hybridized carbons (Fsp3) is 0.192. The molecule has 2 N–H and O–H groups in total. The molecular weight excluding hydrogens is 418 g/mol. The van der Waals surface area contributed by atoms with Gasteiger partial charge in [-0.2, -0.15) is 0 Å². The van der Waals surface area contributed by atoms with Crippen molar-refractivity contribution < 1.29 is 9.90 Å². The number of benzene rings is 2. The van der Waals surface area contributed by atoms with Crippen LogP contribution in [-0.2, 0) is 19.3 Å². The molecule has 4 aromatic rings. The van der Waals surface area contributed by atoms with E-state index in [1.54, 1.807) is 35.6 Å². The van der Waals surface area contributed by atoms with Crippen LogP contribution in [0.25, 0.3) is 10.7 Å². The molecule has 0 spiro atoms. The van der Waals surface area contributed by atoms with Crippen molar-refractivity contribution in [1.82, 2.24) is 9.97 Å². The van der Waals surface area contributed by atoms with Gasteiger partial charge in [0.25, 0.3) is 0 Å². The first-order valence-corrected chi connectivity index (χ1v) is 11.5. The minimum atomic E-state index is -0.938. The Hall–Kier alpha value is -3.51. The van der Waals surface area contributed by atoms with Crippen LogP contribution in [0.1, 0.15) is 45.9 Å². The molecule has 0 saturated heterocycles. The van der Waals surface area contributed by atoms with Crippen molar-refractivity contribution in [2.45, 2.75) is 33.1 Å².